The number of aliphatic imine (C=N–C) groups is 1. The average Bonchev–Trinajstić information content (AvgIpc) is 3.06. The highest BCUT2D eigenvalue weighted by molar-refractivity contribution is 14.0. The number of morpholine rings is 1. The van der Waals surface area contributed by atoms with E-state index in [0.29, 0.717) is 25.6 Å². The van der Waals surface area contributed by atoms with Crippen molar-refractivity contribution in [3.05, 3.63) is 11.6 Å². The van der Waals surface area contributed by atoms with E-state index in [1.165, 1.54) is 0 Å². The number of likely N-dealkylation sites (N-methyl/N-ethyl adjacent to an activating group) is 2. The molecule has 10 nitrogen and oxygen atoms in total. The van der Waals surface area contributed by atoms with Gasteiger partial charge in [0, 0.05) is 46.8 Å². The summed E-state index contributed by atoms with van der Waals surface area (Å²) in [5.74, 6) is 2.45. The maximum Gasteiger partial charge on any atom is 0.242 e. The molecular formula is C20H39IN8O2. The number of nitrogens with one attached hydrogen (secondary N) is 1. The Morgan fingerprint density at radius 1 is 1.23 bits per heavy atom. The first-order valence-electron chi connectivity index (χ1n) is 10.9. The van der Waals surface area contributed by atoms with Crippen molar-refractivity contribution in [2.75, 3.05) is 66.1 Å². The van der Waals surface area contributed by atoms with Gasteiger partial charge in [-0.2, -0.15) is 0 Å². The van der Waals surface area contributed by atoms with E-state index in [1.54, 1.807) is 0 Å². The molecule has 31 heavy (non-hydrogen) atoms. The standard InChI is InChI=1S/C20H38N8O2.HI/c1-6-28(7-2)19(29)16-25(4)20(22-15-18-24-23-17(3)26(18)5)21-9-8-10-27-11-13-30-14-12-27;/h6-16H2,1-5H3,(H,21,22);1H. The maximum absolute atomic E-state index is 12.5. The summed E-state index contributed by atoms with van der Waals surface area (Å²) in [6, 6.07) is 0. The molecule has 1 saturated heterocycles. The number of amides is 1. The fourth-order valence-corrected chi connectivity index (χ4v) is 3.33. The van der Waals surface area contributed by atoms with Crippen LogP contribution < -0.4 is 5.32 Å². The first-order chi connectivity index (χ1) is 14.5. The SMILES string of the molecule is CCN(CC)C(=O)CN(C)C(=NCc1nnc(C)n1C)NCCCN1CCOCC1.I. The molecule has 0 unspecified atom stereocenters. The summed E-state index contributed by atoms with van der Waals surface area (Å²) in [5.41, 5.74) is 0. The van der Waals surface area contributed by atoms with Crippen LogP contribution in [0.15, 0.2) is 4.99 Å². The normalized spacial score (nSPS) is 14.8. The van der Waals surface area contributed by atoms with Crippen LogP contribution in [0.3, 0.4) is 0 Å². The van der Waals surface area contributed by atoms with E-state index in [0.717, 1.165) is 57.5 Å². The third kappa shape index (κ3) is 8.89. The second-order valence-electron chi connectivity index (χ2n) is 7.52. The van der Waals surface area contributed by atoms with Crippen LogP contribution in [-0.2, 0) is 23.1 Å². The van der Waals surface area contributed by atoms with E-state index in [9.17, 15) is 4.79 Å². The molecule has 0 aromatic carbocycles. The average molecular weight is 550 g/mol. The van der Waals surface area contributed by atoms with Gasteiger partial charge in [-0.15, -0.1) is 34.2 Å². The van der Waals surface area contributed by atoms with Crippen molar-refractivity contribution in [2.24, 2.45) is 12.0 Å². The number of ether oxygens (including phenoxy) is 1. The lowest BCUT2D eigenvalue weighted by molar-refractivity contribution is -0.131. The topological polar surface area (TPSA) is 91.1 Å². The Hall–Kier alpha value is -1.47. The third-order valence-corrected chi connectivity index (χ3v) is 5.44. The van der Waals surface area contributed by atoms with Crippen LogP contribution in [0.25, 0.3) is 0 Å². The lowest BCUT2D eigenvalue weighted by Gasteiger charge is -2.28. The molecule has 0 saturated carbocycles. The zero-order chi connectivity index (χ0) is 21.9. The number of guanidine groups is 1. The van der Waals surface area contributed by atoms with E-state index >= 15 is 0 Å². The van der Waals surface area contributed by atoms with Crippen molar-refractivity contribution in [3.63, 3.8) is 0 Å². The van der Waals surface area contributed by atoms with E-state index in [1.807, 2.05) is 49.2 Å². The van der Waals surface area contributed by atoms with Crippen molar-refractivity contribution in [1.29, 1.82) is 0 Å². The monoisotopic (exact) mass is 550 g/mol. The molecule has 1 amide bonds. The van der Waals surface area contributed by atoms with Crippen molar-refractivity contribution in [3.8, 4) is 0 Å². The fourth-order valence-electron chi connectivity index (χ4n) is 3.33. The van der Waals surface area contributed by atoms with Gasteiger partial charge < -0.3 is 24.4 Å². The summed E-state index contributed by atoms with van der Waals surface area (Å²) in [5, 5.41) is 11.7. The van der Waals surface area contributed by atoms with Gasteiger partial charge in [0.2, 0.25) is 5.91 Å². The Morgan fingerprint density at radius 2 is 1.90 bits per heavy atom. The molecule has 0 aliphatic carbocycles. The molecule has 1 N–H and O–H groups in total. The predicted octanol–water partition coefficient (Wildman–Crippen LogP) is 0.710. The molecular weight excluding hydrogens is 511 g/mol. The van der Waals surface area contributed by atoms with Crippen LogP contribution in [-0.4, -0.2) is 107 Å². The van der Waals surface area contributed by atoms with Crippen LogP contribution in [0.1, 0.15) is 31.9 Å². The summed E-state index contributed by atoms with van der Waals surface area (Å²) < 4.78 is 7.33. The fraction of sp³-hybridized carbons (Fsp3) is 0.800. The number of hydrogen-bond donors (Lipinski definition) is 1. The number of aromatic nitrogens is 3. The molecule has 178 valence electrons. The second-order valence-corrected chi connectivity index (χ2v) is 7.52. The summed E-state index contributed by atoms with van der Waals surface area (Å²) in [6.45, 7) is 13.4. The lowest BCUT2D eigenvalue weighted by Crippen LogP contribution is -2.46. The first kappa shape index (κ1) is 27.6. The van der Waals surface area contributed by atoms with E-state index in [2.05, 4.69) is 20.4 Å². The first-order valence-corrected chi connectivity index (χ1v) is 10.9. The van der Waals surface area contributed by atoms with Gasteiger partial charge in [-0.3, -0.25) is 9.69 Å². The number of carbonyl (C=O) groups excluding carboxylic acids is 1. The van der Waals surface area contributed by atoms with E-state index in [4.69, 9.17) is 9.73 Å². The smallest absolute Gasteiger partial charge is 0.242 e. The Bertz CT molecular complexity index is 687. The summed E-state index contributed by atoms with van der Waals surface area (Å²) >= 11 is 0. The molecule has 1 fully saturated rings. The number of halogens is 1. The van der Waals surface area contributed by atoms with Crippen molar-refractivity contribution < 1.29 is 9.53 Å². The summed E-state index contributed by atoms with van der Waals surface area (Å²) in [6.07, 6.45) is 1.000. The highest BCUT2D eigenvalue weighted by Gasteiger charge is 2.16. The highest BCUT2D eigenvalue weighted by atomic mass is 127. The molecule has 1 aromatic heterocycles. The molecule has 1 aliphatic heterocycles. The molecule has 2 rings (SSSR count). The van der Waals surface area contributed by atoms with Crippen LogP contribution in [0, 0.1) is 6.92 Å². The largest absolute Gasteiger partial charge is 0.379 e. The number of hydrogen-bond acceptors (Lipinski definition) is 6. The zero-order valence-corrected chi connectivity index (χ0v) is 22.0. The van der Waals surface area contributed by atoms with Gasteiger partial charge in [0.25, 0.3) is 0 Å². The third-order valence-electron chi connectivity index (χ3n) is 5.44. The van der Waals surface area contributed by atoms with Crippen LogP contribution in [0.4, 0.5) is 0 Å². The van der Waals surface area contributed by atoms with Crippen molar-refractivity contribution >= 4 is 35.8 Å². The molecule has 0 spiro atoms. The zero-order valence-electron chi connectivity index (χ0n) is 19.6. The van der Waals surface area contributed by atoms with Gasteiger partial charge in [-0.1, -0.05) is 0 Å². The Balaban J connectivity index is 0.00000480. The number of rotatable bonds is 10. The minimum absolute atomic E-state index is 0. The van der Waals surface area contributed by atoms with Gasteiger partial charge in [-0.05, 0) is 33.7 Å². The van der Waals surface area contributed by atoms with E-state index in [-0.39, 0.29) is 36.4 Å². The van der Waals surface area contributed by atoms with Gasteiger partial charge in [0.05, 0.1) is 19.8 Å². The minimum atomic E-state index is 0. The van der Waals surface area contributed by atoms with Gasteiger partial charge in [0.15, 0.2) is 11.8 Å². The highest BCUT2D eigenvalue weighted by Crippen LogP contribution is 2.02. The number of aryl methyl sites for hydroxylation is 1. The Labute approximate surface area is 203 Å². The molecule has 1 aliphatic rings. The molecule has 0 bridgehead atoms. The van der Waals surface area contributed by atoms with Crippen LogP contribution >= 0.6 is 24.0 Å². The van der Waals surface area contributed by atoms with Crippen LogP contribution in [0.5, 0.6) is 0 Å². The maximum atomic E-state index is 12.5. The van der Waals surface area contributed by atoms with Crippen LogP contribution in [0.2, 0.25) is 0 Å². The van der Waals surface area contributed by atoms with Gasteiger partial charge in [-0.25, -0.2) is 4.99 Å². The Kier molecular flexibility index (Phi) is 13.0. The second kappa shape index (κ2) is 14.6. The number of carbonyl (C=O) groups is 1. The molecule has 0 radical (unpaired) electrons. The molecule has 0 atom stereocenters. The number of nitrogens with zero attached hydrogens (tertiary/aromatic N) is 7. The quantitative estimate of drug-likeness (QED) is 0.199. The molecule has 2 heterocycles. The van der Waals surface area contributed by atoms with Crippen molar-refractivity contribution in [2.45, 2.75) is 33.7 Å². The molecule has 1 aromatic rings. The van der Waals surface area contributed by atoms with Crippen molar-refractivity contribution in [1.82, 2.24) is 34.8 Å². The lowest BCUT2D eigenvalue weighted by atomic mass is 10.3. The van der Waals surface area contributed by atoms with Gasteiger partial charge >= 0.3 is 0 Å². The van der Waals surface area contributed by atoms with Gasteiger partial charge in [0.1, 0.15) is 12.4 Å². The summed E-state index contributed by atoms with van der Waals surface area (Å²) in [4.78, 5) is 23.4. The molecule has 11 heteroatoms. The Morgan fingerprint density at radius 3 is 2.48 bits per heavy atom. The summed E-state index contributed by atoms with van der Waals surface area (Å²) in [7, 11) is 3.83. The minimum Gasteiger partial charge on any atom is -0.379 e. The predicted molar refractivity (Wildman–Crippen MR) is 133 cm³/mol. The van der Waals surface area contributed by atoms with E-state index < -0.39 is 0 Å².